The van der Waals surface area contributed by atoms with E-state index in [1.54, 1.807) is 30.0 Å². The maximum absolute atomic E-state index is 13.4. The second-order valence-corrected chi connectivity index (χ2v) is 6.31. The first kappa shape index (κ1) is 17.9. The summed E-state index contributed by atoms with van der Waals surface area (Å²) < 4.78 is 18.8. The molecule has 0 spiro atoms. The van der Waals surface area contributed by atoms with Crippen LogP contribution in [0.3, 0.4) is 0 Å². The van der Waals surface area contributed by atoms with Gasteiger partial charge < -0.3 is 15.0 Å². The van der Waals surface area contributed by atoms with Gasteiger partial charge in [-0.15, -0.1) is 0 Å². The summed E-state index contributed by atoms with van der Waals surface area (Å²) in [5.74, 6) is -0.264. The molecule has 1 heterocycles. The zero-order valence-electron chi connectivity index (χ0n) is 14.6. The lowest BCUT2D eigenvalue weighted by Crippen LogP contribution is -2.49. The Bertz CT molecular complexity index is 795. The van der Waals surface area contributed by atoms with Crippen LogP contribution in [0.4, 0.5) is 4.39 Å². The summed E-state index contributed by atoms with van der Waals surface area (Å²) in [6, 6.07) is 13.0. The topological polar surface area (TPSA) is 58.6 Å². The number of hydrogen-bond donors (Lipinski definition) is 1. The van der Waals surface area contributed by atoms with Gasteiger partial charge in [0.2, 0.25) is 5.91 Å². The molecule has 6 heteroatoms. The molecule has 2 amide bonds. The van der Waals surface area contributed by atoms with Gasteiger partial charge in [-0.05, 0) is 48.7 Å². The number of nitrogens with one attached hydrogen (secondary N) is 1. The van der Waals surface area contributed by atoms with Gasteiger partial charge in [-0.25, -0.2) is 4.39 Å². The van der Waals surface area contributed by atoms with E-state index < -0.39 is 6.04 Å². The molecule has 1 unspecified atom stereocenters. The number of halogens is 1. The molecule has 2 aromatic carbocycles. The minimum atomic E-state index is -0.669. The van der Waals surface area contributed by atoms with Crippen molar-refractivity contribution in [3.63, 3.8) is 0 Å². The third kappa shape index (κ3) is 4.39. The molecular formula is C20H21FN2O3. The number of carbonyl (C=O) groups is 2. The molecule has 0 radical (unpaired) electrons. The van der Waals surface area contributed by atoms with Crippen LogP contribution in [0.15, 0.2) is 48.5 Å². The highest BCUT2D eigenvalue weighted by Gasteiger charge is 2.26. The molecule has 2 aromatic rings. The average molecular weight is 356 g/mol. The minimum Gasteiger partial charge on any atom is -0.484 e. The number of hydrogen-bond acceptors (Lipinski definition) is 3. The van der Waals surface area contributed by atoms with Crippen molar-refractivity contribution in [3.8, 4) is 5.75 Å². The lowest BCUT2D eigenvalue weighted by molar-refractivity contribution is -0.137. The second-order valence-electron chi connectivity index (χ2n) is 6.31. The van der Waals surface area contributed by atoms with Crippen LogP contribution in [0.5, 0.6) is 5.75 Å². The quantitative estimate of drug-likeness (QED) is 0.894. The molecule has 1 aliphatic rings. The second kappa shape index (κ2) is 7.99. The summed E-state index contributed by atoms with van der Waals surface area (Å²) >= 11 is 0. The SMILES string of the molecule is CC(NC(=O)COc1ccccc1)C(=O)N1CCc2ccc(F)cc2C1. The van der Waals surface area contributed by atoms with Crippen molar-refractivity contribution in [1.29, 1.82) is 0 Å². The van der Waals surface area contributed by atoms with Gasteiger partial charge in [0.15, 0.2) is 6.61 Å². The van der Waals surface area contributed by atoms with Gasteiger partial charge in [0, 0.05) is 13.1 Å². The Kier molecular flexibility index (Phi) is 5.51. The van der Waals surface area contributed by atoms with E-state index in [1.807, 2.05) is 18.2 Å². The van der Waals surface area contributed by atoms with Crippen molar-refractivity contribution in [1.82, 2.24) is 10.2 Å². The molecule has 0 aromatic heterocycles. The first-order chi connectivity index (χ1) is 12.5. The number of carbonyl (C=O) groups excluding carboxylic acids is 2. The number of rotatable bonds is 5. The first-order valence-electron chi connectivity index (χ1n) is 8.56. The molecule has 1 N–H and O–H groups in total. The first-order valence-corrected chi connectivity index (χ1v) is 8.56. The average Bonchev–Trinajstić information content (AvgIpc) is 2.66. The van der Waals surface area contributed by atoms with E-state index in [4.69, 9.17) is 4.74 Å². The summed E-state index contributed by atoms with van der Waals surface area (Å²) in [6.45, 7) is 2.39. The van der Waals surface area contributed by atoms with E-state index in [1.165, 1.54) is 12.1 Å². The highest BCUT2D eigenvalue weighted by Crippen LogP contribution is 2.20. The van der Waals surface area contributed by atoms with Gasteiger partial charge in [0.1, 0.15) is 17.6 Å². The van der Waals surface area contributed by atoms with Crippen molar-refractivity contribution >= 4 is 11.8 Å². The van der Waals surface area contributed by atoms with Gasteiger partial charge in [0.05, 0.1) is 0 Å². The number of nitrogens with zero attached hydrogens (tertiary/aromatic N) is 1. The van der Waals surface area contributed by atoms with Gasteiger partial charge in [-0.2, -0.15) is 0 Å². The fraction of sp³-hybridized carbons (Fsp3) is 0.300. The molecule has 0 bridgehead atoms. The zero-order valence-corrected chi connectivity index (χ0v) is 14.6. The van der Waals surface area contributed by atoms with Crippen molar-refractivity contribution in [2.24, 2.45) is 0 Å². The number of ether oxygens (including phenoxy) is 1. The van der Waals surface area contributed by atoms with Gasteiger partial charge in [-0.1, -0.05) is 24.3 Å². The van der Waals surface area contributed by atoms with Crippen LogP contribution in [-0.4, -0.2) is 35.9 Å². The van der Waals surface area contributed by atoms with Crippen LogP contribution in [0.1, 0.15) is 18.1 Å². The summed E-state index contributed by atoms with van der Waals surface area (Å²) in [7, 11) is 0. The van der Waals surface area contributed by atoms with E-state index in [0.717, 1.165) is 11.1 Å². The Morgan fingerprint density at radius 1 is 1.19 bits per heavy atom. The smallest absolute Gasteiger partial charge is 0.258 e. The number of amides is 2. The van der Waals surface area contributed by atoms with Crippen LogP contribution in [0.2, 0.25) is 0 Å². The Morgan fingerprint density at radius 2 is 1.96 bits per heavy atom. The van der Waals surface area contributed by atoms with E-state index in [-0.39, 0.29) is 24.2 Å². The third-order valence-corrected chi connectivity index (χ3v) is 4.35. The molecule has 3 rings (SSSR count). The maximum atomic E-state index is 13.4. The van der Waals surface area contributed by atoms with Crippen LogP contribution < -0.4 is 10.1 Å². The van der Waals surface area contributed by atoms with E-state index in [0.29, 0.717) is 25.3 Å². The fourth-order valence-electron chi connectivity index (χ4n) is 3.00. The lowest BCUT2D eigenvalue weighted by atomic mass is 9.99. The largest absolute Gasteiger partial charge is 0.484 e. The molecule has 1 aliphatic heterocycles. The lowest BCUT2D eigenvalue weighted by Gasteiger charge is -2.31. The van der Waals surface area contributed by atoms with Crippen LogP contribution in [0.25, 0.3) is 0 Å². The number of para-hydroxylation sites is 1. The normalized spacial score (nSPS) is 14.3. The number of fused-ring (bicyclic) bond motifs is 1. The molecule has 136 valence electrons. The monoisotopic (exact) mass is 356 g/mol. The Morgan fingerprint density at radius 3 is 2.73 bits per heavy atom. The highest BCUT2D eigenvalue weighted by atomic mass is 19.1. The molecule has 1 atom stereocenters. The predicted octanol–water partition coefficient (Wildman–Crippen LogP) is 2.29. The Labute approximate surface area is 151 Å². The van der Waals surface area contributed by atoms with Crippen molar-refractivity contribution in [2.45, 2.75) is 25.9 Å². The zero-order chi connectivity index (χ0) is 18.5. The fourth-order valence-corrected chi connectivity index (χ4v) is 3.00. The van der Waals surface area contributed by atoms with E-state index in [2.05, 4.69) is 5.32 Å². The van der Waals surface area contributed by atoms with Gasteiger partial charge >= 0.3 is 0 Å². The summed E-state index contributed by atoms with van der Waals surface area (Å²) in [4.78, 5) is 26.2. The standard InChI is InChI=1S/C20H21FN2O3/c1-14(22-19(24)13-26-18-5-3-2-4-6-18)20(25)23-10-9-15-7-8-17(21)11-16(15)12-23/h2-8,11,14H,9-10,12-13H2,1H3,(H,22,24). The van der Waals surface area contributed by atoms with Crippen molar-refractivity contribution in [2.75, 3.05) is 13.2 Å². The van der Waals surface area contributed by atoms with E-state index in [9.17, 15) is 14.0 Å². The third-order valence-electron chi connectivity index (χ3n) is 4.35. The minimum absolute atomic E-state index is 0.157. The Balaban J connectivity index is 1.52. The van der Waals surface area contributed by atoms with Crippen LogP contribution in [0, 0.1) is 5.82 Å². The number of benzene rings is 2. The Hall–Kier alpha value is -2.89. The van der Waals surface area contributed by atoms with Gasteiger partial charge in [0.25, 0.3) is 5.91 Å². The molecule has 0 aliphatic carbocycles. The van der Waals surface area contributed by atoms with Crippen LogP contribution >= 0.6 is 0 Å². The summed E-state index contributed by atoms with van der Waals surface area (Å²) in [5, 5.41) is 2.65. The van der Waals surface area contributed by atoms with Gasteiger partial charge in [-0.3, -0.25) is 9.59 Å². The van der Waals surface area contributed by atoms with Crippen molar-refractivity contribution < 1.29 is 18.7 Å². The van der Waals surface area contributed by atoms with Crippen LogP contribution in [-0.2, 0) is 22.6 Å². The molecule has 0 saturated heterocycles. The predicted molar refractivity (Wildman–Crippen MR) is 95.1 cm³/mol. The summed E-state index contributed by atoms with van der Waals surface area (Å²) in [6.07, 6.45) is 0.680. The molecule has 0 saturated carbocycles. The molecular weight excluding hydrogens is 335 g/mol. The molecule has 5 nitrogen and oxygen atoms in total. The summed E-state index contributed by atoms with van der Waals surface area (Å²) in [5.41, 5.74) is 1.87. The van der Waals surface area contributed by atoms with E-state index >= 15 is 0 Å². The molecule has 0 fully saturated rings. The maximum Gasteiger partial charge on any atom is 0.258 e. The van der Waals surface area contributed by atoms with Crippen molar-refractivity contribution in [3.05, 3.63) is 65.5 Å². The highest BCUT2D eigenvalue weighted by molar-refractivity contribution is 5.88. The molecule has 26 heavy (non-hydrogen) atoms.